The van der Waals surface area contributed by atoms with Crippen molar-refractivity contribution in [2.45, 2.75) is 16.1 Å². The van der Waals surface area contributed by atoms with Gasteiger partial charge in [0.05, 0.1) is 18.7 Å². The molecule has 4 aromatic rings. The maximum atomic E-state index is 14.1. The van der Waals surface area contributed by atoms with Crippen molar-refractivity contribution in [2.75, 3.05) is 25.2 Å². The van der Waals surface area contributed by atoms with Gasteiger partial charge in [0.25, 0.3) is 5.78 Å². The Morgan fingerprint density at radius 2 is 1.83 bits per heavy atom. The van der Waals surface area contributed by atoms with Gasteiger partial charge in [0.15, 0.2) is 15.8 Å². The lowest BCUT2D eigenvalue weighted by molar-refractivity contribution is -0.132. The average molecular weight is 592 g/mol. The number of hydrogen-bond acceptors (Lipinski definition) is 10. The molecule has 0 bridgehead atoms. The fraction of sp³-hybridized carbons (Fsp3) is 0.172. The molecule has 6 rings (SSSR count). The summed E-state index contributed by atoms with van der Waals surface area (Å²) in [7, 11) is 1.53. The molecule has 0 unspecified atom stereocenters. The summed E-state index contributed by atoms with van der Waals surface area (Å²) in [5.41, 5.74) is 1.25. The highest BCUT2D eigenvalue weighted by Gasteiger charge is 2.48. The number of ketones is 1. The average Bonchev–Trinajstić information content (AvgIpc) is 3.58. The lowest BCUT2D eigenvalue weighted by Gasteiger charge is -2.23. The van der Waals surface area contributed by atoms with E-state index in [1.54, 1.807) is 60.7 Å². The fourth-order valence-electron chi connectivity index (χ4n) is 4.59. The van der Waals surface area contributed by atoms with Crippen LogP contribution in [0.25, 0.3) is 5.76 Å². The number of rotatable bonds is 7. The zero-order valence-electron chi connectivity index (χ0n) is 21.6. The molecule has 0 spiro atoms. The molecule has 3 aromatic carbocycles. The lowest BCUT2D eigenvalue weighted by atomic mass is 9.95. The number of anilines is 1. The minimum absolute atomic E-state index is 0.104. The third-order valence-electron chi connectivity index (χ3n) is 6.60. The summed E-state index contributed by atoms with van der Waals surface area (Å²) >= 11 is 2.37. The van der Waals surface area contributed by atoms with Crippen LogP contribution in [0.4, 0.5) is 9.52 Å². The number of amides is 1. The summed E-state index contributed by atoms with van der Waals surface area (Å²) in [5.74, 6) is -0.561. The largest absolute Gasteiger partial charge is 0.507 e. The van der Waals surface area contributed by atoms with Gasteiger partial charge in [-0.05, 0) is 47.5 Å². The van der Waals surface area contributed by atoms with Crippen LogP contribution in [0, 0.1) is 5.82 Å². The Labute approximate surface area is 242 Å². The summed E-state index contributed by atoms with van der Waals surface area (Å²) < 4.78 is 31.1. The van der Waals surface area contributed by atoms with Gasteiger partial charge >= 0.3 is 5.91 Å². The number of aliphatic hydroxyl groups excluding tert-OH is 1. The van der Waals surface area contributed by atoms with Gasteiger partial charge in [-0.1, -0.05) is 53.4 Å². The monoisotopic (exact) mass is 591 g/mol. The zero-order chi connectivity index (χ0) is 28.5. The third kappa shape index (κ3) is 5.11. The van der Waals surface area contributed by atoms with Crippen LogP contribution in [-0.4, -0.2) is 47.3 Å². The van der Waals surface area contributed by atoms with Crippen LogP contribution < -0.4 is 19.1 Å². The maximum Gasteiger partial charge on any atom is 0.301 e. The predicted molar refractivity (Wildman–Crippen MR) is 151 cm³/mol. The molecular formula is C29H22FN3O6S2. The highest BCUT2D eigenvalue weighted by atomic mass is 32.2. The second kappa shape index (κ2) is 11.2. The van der Waals surface area contributed by atoms with Crippen molar-refractivity contribution >= 4 is 45.7 Å². The Morgan fingerprint density at radius 3 is 2.59 bits per heavy atom. The number of nitrogens with zero attached hydrogens (tertiary/aromatic N) is 3. The number of halogens is 1. The van der Waals surface area contributed by atoms with Crippen LogP contribution in [0.5, 0.6) is 17.2 Å². The number of hydrogen-bond donors (Lipinski definition) is 1. The van der Waals surface area contributed by atoms with E-state index in [1.165, 1.54) is 29.8 Å². The number of thioether (sulfide) groups is 1. The molecule has 1 aromatic heterocycles. The van der Waals surface area contributed by atoms with Crippen LogP contribution in [0.1, 0.15) is 22.7 Å². The molecule has 0 saturated carbocycles. The minimum atomic E-state index is -0.994. The number of fused-ring (bicyclic) bond motifs is 1. The number of Topliss-reactive ketones (excluding diaryl/α,β-unsaturated/α-hetero) is 1. The molecule has 3 heterocycles. The smallest absolute Gasteiger partial charge is 0.301 e. The van der Waals surface area contributed by atoms with E-state index in [0.717, 1.165) is 11.3 Å². The number of aromatic nitrogens is 2. The number of carbonyl (C=O) groups excluding carboxylic acids is 2. The quantitative estimate of drug-likeness (QED) is 0.0996. The molecule has 2 aliphatic rings. The molecule has 0 aliphatic carbocycles. The Kier molecular flexibility index (Phi) is 7.33. The standard InChI is InChI=1S/C29H22FN3O6S2/c1-37-19-9-6-16(7-10-19)24-23(25(34)17-8-11-21-22(14-17)39-13-12-38-21)26(35)27(36)33(24)28-31-32-29(41-28)40-15-18-4-2-3-5-20(18)30/h2-11,14,24,34H,12-13,15H2,1H3/b25-23+/t24-/m1/s1. The summed E-state index contributed by atoms with van der Waals surface area (Å²) in [6, 6.07) is 17.1. The van der Waals surface area contributed by atoms with Crippen LogP contribution in [0.2, 0.25) is 0 Å². The van der Waals surface area contributed by atoms with Crippen molar-refractivity contribution in [1.29, 1.82) is 0 Å². The number of carbonyl (C=O) groups is 2. The van der Waals surface area contributed by atoms with Crippen LogP contribution >= 0.6 is 23.1 Å². The molecule has 2 aliphatic heterocycles. The van der Waals surface area contributed by atoms with Crippen molar-refractivity contribution in [1.82, 2.24) is 10.2 Å². The first-order valence-electron chi connectivity index (χ1n) is 12.5. The molecule has 1 N–H and O–H groups in total. The van der Waals surface area contributed by atoms with Gasteiger partial charge < -0.3 is 19.3 Å². The van der Waals surface area contributed by atoms with Gasteiger partial charge in [-0.3, -0.25) is 14.5 Å². The number of benzene rings is 3. The zero-order valence-corrected chi connectivity index (χ0v) is 23.2. The van der Waals surface area contributed by atoms with Crippen molar-refractivity contribution in [3.05, 3.63) is 94.8 Å². The molecule has 9 nitrogen and oxygen atoms in total. The van der Waals surface area contributed by atoms with Gasteiger partial charge in [0.2, 0.25) is 5.13 Å². The molecule has 0 radical (unpaired) electrons. The number of methoxy groups -OCH3 is 1. The van der Waals surface area contributed by atoms with E-state index in [4.69, 9.17) is 14.2 Å². The predicted octanol–water partition coefficient (Wildman–Crippen LogP) is 5.38. The van der Waals surface area contributed by atoms with Crippen LogP contribution in [-0.2, 0) is 15.3 Å². The van der Waals surface area contributed by atoms with Crippen molar-refractivity contribution < 1.29 is 33.3 Å². The second-order valence-corrected chi connectivity index (χ2v) is 11.2. The van der Waals surface area contributed by atoms with Gasteiger partial charge in [-0.2, -0.15) is 0 Å². The molecule has 1 atom stereocenters. The first kappa shape index (κ1) is 26.8. The highest BCUT2D eigenvalue weighted by molar-refractivity contribution is 8.00. The molecule has 12 heteroatoms. The third-order valence-corrected chi connectivity index (χ3v) is 8.71. The molecule has 41 heavy (non-hydrogen) atoms. The number of aliphatic hydroxyl groups is 1. The van der Waals surface area contributed by atoms with Crippen LogP contribution in [0.3, 0.4) is 0 Å². The van der Waals surface area contributed by atoms with Crippen molar-refractivity contribution in [3.63, 3.8) is 0 Å². The van der Waals surface area contributed by atoms with E-state index in [9.17, 15) is 19.1 Å². The second-order valence-electron chi connectivity index (χ2n) is 9.03. The molecule has 208 valence electrons. The van der Waals surface area contributed by atoms with E-state index in [0.29, 0.717) is 57.2 Å². The molecule has 1 fully saturated rings. The van der Waals surface area contributed by atoms with E-state index >= 15 is 0 Å². The fourth-order valence-corrected chi connectivity index (χ4v) is 6.44. The topological polar surface area (TPSA) is 111 Å². The summed E-state index contributed by atoms with van der Waals surface area (Å²) in [4.78, 5) is 28.2. The molecule has 1 amide bonds. The van der Waals surface area contributed by atoms with Gasteiger partial charge in [0, 0.05) is 11.3 Å². The Bertz CT molecular complexity index is 1670. The first-order valence-corrected chi connectivity index (χ1v) is 14.3. The summed E-state index contributed by atoms with van der Waals surface area (Å²) in [5, 5.41) is 20.0. The first-order chi connectivity index (χ1) is 19.9. The Balaban J connectivity index is 1.39. The molecule has 1 saturated heterocycles. The lowest BCUT2D eigenvalue weighted by Crippen LogP contribution is -2.29. The SMILES string of the molecule is COc1ccc([C@@H]2/C(=C(\O)c3ccc4c(c3)OCCO4)C(=O)C(=O)N2c2nnc(SCc3ccccc3F)s2)cc1. The van der Waals surface area contributed by atoms with Crippen LogP contribution in [0.15, 0.2) is 76.6 Å². The van der Waals surface area contributed by atoms with Gasteiger partial charge in [0.1, 0.15) is 30.5 Å². The summed E-state index contributed by atoms with van der Waals surface area (Å²) in [6.45, 7) is 0.755. The van der Waals surface area contributed by atoms with E-state index < -0.39 is 17.7 Å². The van der Waals surface area contributed by atoms with E-state index in [1.807, 2.05) is 0 Å². The highest BCUT2D eigenvalue weighted by Crippen LogP contribution is 2.45. The Morgan fingerprint density at radius 1 is 1.07 bits per heavy atom. The normalized spacial score (nSPS) is 17.6. The Hall–Kier alpha value is -4.42. The summed E-state index contributed by atoms with van der Waals surface area (Å²) in [6.07, 6.45) is 0. The van der Waals surface area contributed by atoms with E-state index in [-0.39, 0.29) is 22.3 Å². The van der Waals surface area contributed by atoms with Gasteiger partial charge in [-0.15, -0.1) is 10.2 Å². The number of ether oxygens (including phenoxy) is 3. The molecular weight excluding hydrogens is 569 g/mol. The minimum Gasteiger partial charge on any atom is -0.507 e. The van der Waals surface area contributed by atoms with Crippen molar-refractivity contribution in [3.8, 4) is 17.2 Å². The maximum absolute atomic E-state index is 14.1. The van der Waals surface area contributed by atoms with Gasteiger partial charge in [-0.25, -0.2) is 4.39 Å². The van der Waals surface area contributed by atoms with Crippen molar-refractivity contribution in [2.24, 2.45) is 0 Å². The van der Waals surface area contributed by atoms with E-state index in [2.05, 4.69) is 10.2 Å².